The van der Waals surface area contributed by atoms with Crippen molar-refractivity contribution in [3.05, 3.63) is 40.9 Å². The molecule has 1 amide bonds. The number of amides is 1. The fourth-order valence-corrected chi connectivity index (χ4v) is 5.37. The van der Waals surface area contributed by atoms with E-state index in [0.717, 1.165) is 49.2 Å². The lowest BCUT2D eigenvalue weighted by molar-refractivity contribution is -0.137. The van der Waals surface area contributed by atoms with Gasteiger partial charge in [-0.3, -0.25) is 9.59 Å². The van der Waals surface area contributed by atoms with Crippen molar-refractivity contribution in [2.24, 2.45) is 5.92 Å². The topological polar surface area (TPSA) is 119 Å². The van der Waals surface area contributed by atoms with E-state index in [1.807, 2.05) is 0 Å². The SMILES string of the molecule is CCOC(=O)C(=O)c1csc(NC(=O)C(CC2CCCC2)c2ccc(S(=O)(=O)C(F)(F)F)cc2)n1. The van der Waals surface area contributed by atoms with Crippen molar-refractivity contribution in [3.63, 3.8) is 0 Å². The second kappa shape index (κ2) is 10.9. The van der Waals surface area contributed by atoms with E-state index in [9.17, 15) is 36.0 Å². The molecule has 8 nitrogen and oxygen atoms in total. The molecule has 1 aliphatic rings. The number of rotatable bonds is 9. The smallest absolute Gasteiger partial charge is 0.460 e. The molecule has 0 saturated heterocycles. The minimum Gasteiger partial charge on any atom is -0.460 e. The Morgan fingerprint density at radius 3 is 2.37 bits per heavy atom. The number of ketones is 1. The molecule has 1 atom stereocenters. The number of hydrogen-bond donors (Lipinski definition) is 1. The molecule has 0 radical (unpaired) electrons. The summed E-state index contributed by atoms with van der Waals surface area (Å²) in [6.45, 7) is 1.57. The average molecular weight is 533 g/mol. The van der Waals surface area contributed by atoms with Gasteiger partial charge in [-0.1, -0.05) is 37.8 Å². The van der Waals surface area contributed by atoms with Crippen molar-refractivity contribution in [3.8, 4) is 0 Å². The zero-order valence-corrected chi connectivity index (χ0v) is 20.3. The molecule has 0 aliphatic heterocycles. The van der Waals surface area contributed by atoms with Gasteiger partial charge in [-0.15, -0.1) is 11.3 Å². The minimum atomic E-state index is -5.51. The van der Waals surface area contributed by atoms with Crippen LogP contribution in [0, 0.1) is 5.92 Å². The number of thiazole rings is 1. The highest BCUT2D eigenvalue weighted by atomic mass is 32.2. The van der Waals surface area contributed by atoms with Crippen molar-refractivity contribution in [2.45, 2.75) is 55.3 Å². The van der Waals surface area contributed by atoms with Gasteiger partial charge in [-0.2, -0.15) is 13.2 Å². The summed E-state index contributed by atoms with van der Waals surface area (Å²) in [6, 6.07) is 4.09. The first-order chi connectivity index (χ1) is 16.4. The van der Waals surface area contributed by atoms with E-state index >= 15 is 0 Å². The average Bonchev–Trinajstić information content (AvgIpc) is 3.48. The fraction of sp³-hybridized carbons (Fsp3) is 0.455. The normalized spacial score (nSPS) is 15.5. The van der Waals surface area contributed by atoms with Crippen LogP contribution >= 0.6 is 11.3 Å². The standard InChI is InChI=1S/C22H23F3N2O6S2/c1-2-33-20(30)18(28)17-12-34-21(26-17)27-19(29)16(11-13-5-3-4-6-13)14-7-9-15(10-8-14)35(31,32)22(23,24)25/h7-10,12-13,16H,2-6,11H2,1H3,(H,26,27,29). The highest BCUT2D eigenvalue weighted by Gasteiger charge is 2.46. The number of nitrogens with one attached hydrogen (secondary N) is 1. The Morgan fingerprint density at radius 1 is 1.17 bits per heavy atom. The molecule has 1 heterocycles. The molecule has 3 rings (SSSR count). The highest BCUT2D eigenvalue weighted by molar-refractivity contribution is 7.92. The number of Topliss-reactive ketones (excluding diaryl/α,β-unsaturated/α-hetero) is 1. The Balaban J connectivity index is 1.82. The molecule has 1 aromatic carbocycles. The summed E-state index contributed by atoms with van der Waals surface area (Å²) in [4.78, 5) is 39.8. The predicted octanol–water partition coefficient (Wildman–Crippen LogP) is 4.49. The second-order valence-corrected chi connectivity index (χ2v) is 10.8. The minimum absolute atomic E-state index is 0.0181. The molecule has 1 fully saturated rings. The number of nitrogens with zero attached hydrogens (tertiary/aromatic N) is 1. The maximum Gasteiger partial charge on any atom is 0.501 e. The maximum absolute atomic E-state index is 13.1. The Kier molecular flexibility index (Phi) is 8.31. The van der Waals surface area contributed by atoms with Crippen LogP contribution in [0.15, 0.2) is 34.5 Å². The number of aromatic nitrogens is 1. The number of esters is 1. The van der Waals surface area contributed by atoms with E-state index in [-0.39, 0.29) is 23.4 Å². The van der Waals surface area contributed by atoms with Crippen LogP contribution in [-0.4, -0.2) is 43.2 Å². The molecule has 1 unspecified atom stereocenters. The van der Waals surface area contributed by atoms with Crippen molar-refractivity contribution in [1.29, 1.82) is 0 Å². The van der Waals surface area contributed by atoms with Gasteiger partial charge in [0.1, 0.15) is 5.69 Å². The lowest BCUT2D eigenvalue weighted by Gasteiger charge is -2.20. The number of hydrogen-bond acceptors (Lipinski definition) is 8. The number of ether oxygens (including phenoxy) is 1. The van der Waals surface area contributed by atoms with Gasteiger partial charge in [0, 0.05) is 5.38 Å². The molecule has 13 heteroatoms. The molecule has 1 N–H and O–H groups in total. The van der Waals surface area contributed by atoms with Crippen molar-refractivity contribution < 1.29 is 40.7 Å². The van der Waals surface area contributed by atoms with E-state index in [1.54, 1.807) is 6.92 Å². The van der Waals surface area contributed by atoms with Crippen molar-refractivity contribution in [1.82, 2.24) is 4.98 Å². The zero-order valence-electron chi connectivity index (χ0n) is 18.6. The number of halogens is 3. The van der Waals surface area contributed by atoms with Crippen LogP contribution in [0.5, 0.6) is 0 Å². The van der Waals surface area contributed by atoms with E-state index in [1.165, 1.54) is 17.5 Å². The summed E-state index contributed by atoms with van der Waals surface area (Å²) in [7, 11) is -5.51. The third-order valence-corrected chi connectivity index (χ3v) is 7.95. The first-order valence-corrected chi connectivity index (χ1v) is 13.2. The van der Waals surface area contributed by atoms with Gasteiger partial charge >= 0.3 is 11.5 Å². The number of anilines is 1. The first kappa shape index (κ1) is 26.8. The molecular weight excluding hydrogens is 509 g/mol. The number of carbonyl (C=O) groups is 3. The van der Waals surface area contributed by atoms with E-state index in [4.69, 9.17) is 0 Å². The largest absolute Gasteiger partial charge is 0.501 e. The molecule has 0 spiro atoms. The molecule has 35 heavy (non-hydrogen) atoms. The fourth-order valence-electron chi connectivity index (χ4n) is 3.92. The lowest BCUT2D eigenvalue weighted by Crippen LogP contribution is -2.24. The second-order valence-electron chi connectivity index (χ2n) is 8.03. The van der Waals surface area contributed by atoms with Gasteiger partial charge < -0.3 is 10.1 Å². The van der Waals surface area contributed by atoms with Crippen LogP contribution in [0.1, 0.15) is 61.0 Å². The van der Waals surface area contributed by atoms with Crippen LogP contribution < -0.4 is 5.32 Å². The van der Waals surface area contributed by atoms with Gasteiger partial charge in [0.25, 0.3) is 15.6 Å². The van der Waals surface area contributed by atoms with Crippen molar-refractivity contribution >= 4 is 44.0 Å². The molecule has 1 aliphatic carbocycles. The monoisotopic (exact) mass is 532 g/mol. The maximum atomic E-state index is 13.1. The summed E-state index contributed by atoms with van der Waals surface area (Å²) in [5, 5.41) is 3.96. The highest BCUT2D eigenvalue weighted by Crippen LogP contribution is 2.36. The predicted molar refractivity (Wildman–Crippen MR) is 121 cm³/mol. The molecule has 1 saturated carbocycles. The van der Waals surface area contributed by atoms with Gasteiger partial charge in [-0.25, -0.2) is 18.2 Å². The Morgan fingerprint density at radius 2 is 1.80 bits per heavy atom. The van der Waals surface area contributed by atoms with Crippen molar-refractivity contribution in [2.75, 3.05) is 11.9 Å². The number of carbonyl (C=O) groups excluding carboxylic acids is 3. The number of benzene rings is 1. The molecule has 2 aromatic rings. The Bertz CT molecular complexity index is 1190. The lowest BCUT2D eigenvalue weighted by atomic mass is 9.87. The zero-order chi connectivity index (χ0) is 25.8. The quantitative estimate of drug-likeness (QED) is 0.287. The van der Waals surface area contributed by atoms with Crippen LogP contribution in [0.25, 0.3) is 0 Å². The first-order valence-electron chi connectivity index (χ1n) is 10.8. The van der Waals surface area contributed by atoms with E-state index in [0.29, 0.717) is 12.0 Å². The van der Waals surface area contributed by atoms with E-state index < -0.39 is 43.8 Å². The van der Waals surface area contributed by atoms with Gasteiger partial charge in [0.05, 0.1) is 17.4 Å². The molecule has 190 valence electrons. The third-order valence-electron chi connectivity index (χ3n) is 5.69. The van der Waals surface area contributed by atoms with Gasteiger partial charge in [0.15, 0.2) is 5.13 Å². The van der Waals surface area contributed by atoms with Crippen LogP contribution in [0.3, 0.4) is 0 Å². The summed E-state index contributed by atoms with van der Waals surface area (Å²) in [6.07, 6.45) is 4.23. The molecule has 1 aromatic heterocycles. The number of sulfone groups is 1. The van der Waals surface area contributed by atoms with Crippen LogP contribution in [0.4, 0.5) is 18.3 Å². The molecule has 0 bridgehead atoms. The number of alkyl halides is 3. The van der Waals surface area contributed by atoms with Gasteiger partial charge in [-0.05, 0) is 37.0 Å². The summed E-state index contributed by atoms with van der Waals surface area (Å²) >= 11 is 0.930. The summed E-state index contributed by atoms with van der Waals surface area (Å²) in [5.41, 5.74) is -5.26. The third kappa shape index (κ3) is 6.26. The Hall–Kier alpha value is -2.80. The van der Waals surface area contributed by atoms with E-state index in [2.05, 4.69) is 15.0 Å². The van der Waals surface area contributed by atoms with Crippen LogP contribution in [0.2, 0.25) is 0 Å². The molecular formula is C22H23F3N2O6S2. The summed E-state index contributed by atoms with van der Waals surface area (Å²) < 4.78 is 66.6. The Labute approximate surface area is 203 Å². The van der Waals surface area contributed by atoms with Gasteiger partial charge in [0.2, 0.25) is 5.91 Å². The summed E-state index contributed by atoms with van der Waals surface area (Å²) in [5.74, 6) is -3.08. The van der Waals surface area contributed by atoms with Crippen LogP contribution in [-0.2, 0) is 24.2 Å².